The van der Waals surface area contributed by atoms with Gasteiger partial charge in [0.15, 0.2) is 23.3 Å². The van der Waals surface area contributed by atoms with E-state index >= 15 is 0 Å². The van der Waals surface area contributed by atoms with E-state index in [4.69, 9.17) is 23.7 Å². The van der Waals surface area contributed by atoms with E-state index in [2.05, 4.69) is 10.3 Å². The predicted molar refractivity (Wildman–Crippen MR) is 137 cm³/mol. The summed E-state index contributed by atoms with van der Waals surface area (Å²) in [6.07, 6.45) is 0.0666. The van der Waals surface area contributed by atoms with Crippen LogP contribution in [0.2, 0.25) is 0 Å². The van der Waals surface area contributed by atoms with Gasteiger partial charge in [0.05, 0.1) is 7.11 Å². The second-order valence-corrected chi connectivity index (χ2v) is 8.19. The lowest BCUT2D eigenvalue weighted by Gasteiger charge is -2.27. The number of hydrogen-bond acceptors (Lipinski definition) is 9. The van der Waals surface area contributed by atoms with Crippen molar-refractivity contribution in [1.82, 2.24) is 10.3 Å². The number of amides is 1. The highest BCUT2D eigenvalue weighted by molar-refractivity contribution is 5.98. The van der Waals surface area contributed by atoms with Crippen LogP contribution in [-0.4, -0.2) is 48.9 Å². The highest BCUT2D eigenvalue weighted by Crippen LogP contribution is 2.30. The van der Waals surface area contributed by atoms with Crippen LogP contribution in [0.25, 0.3) is 0 Å². The molecule has 1 N–H and O–H groups in total. The van der Waals surface area contributed by atoms with Crippen LogP contribution < -0.4 is 19.5 Å². The molecule has 1 heterocycles. The minimum atomic E-state index is -1.03. The average molecular weight is 523 g/mol. The average Bonchev–Trinajstić information content (AvgIpc) is 2.92. The molecule has 0 fully saturated rings. The molecule has 10 heteroatoms. The molecule has 1 aromatic heterocycles. The second kappa shape index (κ2) is 13.6. The summed E-state index contributed by atoms with van der Waals surface area (Å²) in [5, 5.41) is 2.56. The first kappa shape index (κ1) is 28.0. The molecule has 0 aliphatic carbocycles. The van der Waals surface area contributed by atoms with E-state index < -0.39 is 42.9 Å². The molecule has 38 heavy (non-hydrogen) atoms. The molecule has 200 valence electrons. The van der Waals surface area contributed by atoms with Crippen molar-refractivity contribution in [3.63, 3.8) is 0 Å². The molecule has 2 aromatic carbocycles. The SMILES string of the molecule is COc1ccnc(C(=O)N[C@H](C)C(=O)O[C@H](C)[C@@H](Oc2ccccc2)c2ccccc2)c1OCOC(C)=O. The molecule has 0 spiro atoms. The Morgan fingerprint density at radius 3 is 2.24 bits per heavy atom. The molecule has 3 atom stereocenters. The van der Waals surface area contributed by atoms with Crippen molar-refractivity contribution < 1.29 is 38.1 Å². The molecule has 0 saturated heterocycles. The number of nitrogens with one attached hydrogen (secondary N) is 1. The van der Waals surface area contributed by atoms with Gasteiger partial charge >= 0.3 is 11.9 Å². The van der Waals surface area contributed by atoms with Crippen molar-refractivity contribution in [2.75, 3.05) is 13.9 Å². The van der Waals surface area contributed by atoms with Crippen LogP contribution in [0.4, 0.5) is 0 Å². The molecule has 0 radical (unpaired) electrons. The zero-order chi connectivity index (χ0) is 27.5. The number of rotatable bonds is 12. The number of benzene rings is 2. The van der Waals surface area contributed by atoms with E-state index in [-0.39, 0.29) is 17.2 Å². The predicted octanol–water partition coefficient (Wildman–Crippen LogP) is 3.86. The summed E-state index contributed by atoms with van der Waals surface area (Å²) < 4.78 is 27.3. The van der Waals surface area contributed by atoms with Gasteiger partial charge in [0.2, 0.25) is 6.79 Å². The molecular weight excluding hydrogens is 492 g/mol. The van der Waals surface area contributed by atoms with Crippen LogP contribution >= 0.6 is 0 Å². The highest BCUT2D eigenvalue weighted by atomic mass is 16.7. The van der Waals surface area contributed by atoms with Crippen molar-refractivity contribution in [2.24, 2.45) is 0 Å². The smallest absolute Gasteiger partial charge is 0.328 e. The number of carbonyl (C=O) groups is 3. The summed E-state index contributed by atoms with van der Waals surface area (Å²) in [7, 11) is 1.39. The summed E-state index contributed by atoms with van der Waals surface area (Å²) in [5.41, 5.74) is 0.669. The Labute approximate surface area is 220 Å². The molecule has 0 aliphatic heterocycles. The molecule has 0 saturated carbocycles. The standard InChI is InChI=1S/C28H30N2O8/c1-18(30-27(32)24-26(36-17-35-20(3)31)23(34-4)15-16-29-24)28(33)37-19(2)25(21-11-7-5-8-12-21)38-22-13-9-6-10-14-22/h5-16,18-19,25H,17H2,1-4H3,(H,30,32)/t18-,19-,25-/m1/s1. The Morgan fingerprint density at radius 2 is 1.61 bits per heavy atom. The number of methoxy groups -OCH3 is 1. The second-order valence-electron chi connectivity index (χ2n) is 8.19. The molecule has 0 unspecified atom stereocenters. The third-order valence-corrected chi connectivity index (χ3v) is 5.33. The number of esters is 2. The number of ether oxygens (including phenoxy) is 5. The summed E-state index contributed by atoms with van der Waals surface area (Å²) in [6, 6.07) is 19.0. The van der Waals surface area contributed by atoms with Crippen LogP contribution in [0.1, 0.15) is 42.9 Å². The monoisotopic (exact) mass is 522 g/mol. The first-order valence-corrected chi connectivity index (χ1v) is 11.9. The Bertz CT molecular complexity index is 1220. The lowest BCUT2D eigenvalue weighted by atomic mass is 10.0. The Balaban J connectivity index is 1.70. The summed E-state index contributed by atoms with van der Waals surface area (Å²) >= 11 is 0. The van der Waals surface area contributed by atoms with E-state index in [0.29, 0.717) is 5.75 Å². The number of aromatic nitrogens is 1. The zero-order valence-electron chi connectivity index (χ0n) is 21.6. The first-order valence-electron chi connectivity index (χ1n) is 11.9. The minimum Gasteiger partial charge on any atom is -0.493 e. The van der Waals surface area contributed by atoms with E-state index in [1.165, 1.54) is 33.2 Å². The van der Waals surface area contributed by atoms with Crippen LogP contribution in [0.15, 0.2) is 72.9 Å². The van der Waals surface area contributed by atoms with E-state index in [9.17, 15) is 14.4 Å². The number of pyridine rings is 1. The van der Waals surface area contributed by atoms with Gasteiger partial charge in [-0.1, -0.05) is 48.5 Å². The first-order chi connectivity index (χ1) is 18.3. The molecule has 3 aromatic rings. The Kier molecular flexibility index (Phi) is 10.0. The summed E-state index contributed by atoms with van der Waals surface area (Å²) in [6.45, 7) is 3.98. The fourth-order valence-electron chi connectivity index (χ4n) is 3.46. The van der Waals surface area contributed by atoms with Crippen molar-refractivity contribution in [1.29, 1.82) is 0 Å². The van der Waals surface area contributed by atoms with E-state index in [1.54, 1.807) is 6.92 Å². The van der Waals surface area contributed by atoms with E-state index in [0.717, 1.165) is 5.56 Å². The van der Waals surface area contributed by atoms with Gasteiger partial charge in [-0.2, -0.15) is 0 Å². The van der Waals surface area contributed by atoms with Gasteiger partial charge < -0.3 is 29.0 Å². The van der Waals surface area contributed by atoms with Crippen molar-refractivity contribution in [3.8, 4) is 17.2 Å². The van der Waals surface area contributed by atoms with Crippen LogP contribution in [0.5, 0.6) is 17.2 Å². The minimum absolute atomic E-state index is 0.0388. The van der Waals surface area contributed by atoms with Gasteiger partial charge in [-0.25, -0.2) is 9.78 Å². The number of carbonyl (C=O) groups excluding carboxylic acids is 3. The topological polar surface area (TPSA) is 122 Å². The Morgan fingerprint density at radius 1 is 0.947 bits per heavy atom. The largest absolute Gasteiger partial charge is 0.493 e. The van der Waals surface area contributed by atoms with Crippen LogP contribution in [-0.2, 0) is 19.1 Å². The maximum absolute atomic E-state index is 13.0. The maximum atomic E-state index is 13.0. The molecular formula is C28H30N2O8. The summed E-state index contributed by atoms with van der Waals surface area (Å²) in [4.78, 5) is 41.0. The maximum Gasteiger partial charge on any atom is 0.328 e. The van der Waals surface area contributed by atoms with Crippen LogP contribution in [0, 0.1) is 0 Å². The van der Waals surface area contributed by atoms with Gasteiger partial charge in [0, 0.05) is 19.2 Å². The fraction of sp³-hybridized carbons (Fsp3) is 0.286. The normalized spacial score (nSPS) is 12.8. The molecule has 10 nitrogen and oxygen atoms in total. The third-order valence-electron chi connectivity index (χ3n) is 5.33. The highest BCUT2D eigenvalue weighted by Gasteiger charge is 2.29. The van der Waals surface area contributed by atoms with Crippen molar-refractivity contribution >= 4 is 17.8 Å². The fourth-order valence-corrected chi connectivity index (χ4v) is 3.46. The van der Waals surface area contributed by atoms with Gasteiger partial charge in [-0.05, 0) is 31.5 Å². The lowest BCUT2D eigenvalue weighted by Crippen LogP contribution is -2.42. The van der Waals surface area contributed by atoms with E-state index in [1.807, 2.05) is 60.7 Å². The van der Waals surface area contributed by atoms with Crippen LogP contribution in [0.3, 0.4) is 0 Å². The lowest BCUT2D eigenvalue weighted by molar-refractivity contribution is -0.155. The number of nitrogens with zero attached hydrogens (tertiary/aromatic N) is 1. The molecule has 0 bridgehead atoms. The van der Waals surface area contributed by atoms with Gasteiger partial charge in [0.25, 0.3) is 5.91 Å². The summed E-state index contributed by atoms with van der Waals surface area (Å²) in [5.74, 6) is -1.16. The number of hydrogen-bond donors (Lipinski definition) is 1. The van der Waals surface area contributed by atoms with Crippen molar-refractivity contribution in [2.45, 2.75) is 39.0 Å². The molecule has 1 amide bonds. The third kappa shape index (κ3) is 7.70. The zero-order valence-corrected chi connectivity index (χ0v) is 21.6. The Hall–Kier alpha value is -4.60. The molecule has 0 aliphatic rings. The van der Waals surface area contributed by atoms with Crippen molar-refractivity contribution in [3.05, 3.63) is 84.2 Å². The van der Waals surface area contributed by atoms with Gasteiger partial charge in [-0.15, -0.1) is 0 Å². The molecule has 3 rings (SSSR count). The quantitative estimate of drug-likeness (QED) is 0.279. The van der Waals surface area contributed by atoms with Gasteiger partial charge in [-0.3, -0.25) is 9.59 Å². The van der Waals surface area contributed by atoms with Gasteiger partial charge in [0.1, 0.15) is 17.9 Å². The number of para-hydroxylation sites is 1.